The van der Waals surface area contributed by atoms with Crippen molar-refractivity contribution in [1.82, 2.24) is 4.98 Å². The van der Waals surface area contributed by atoms with Crippen LogP contribution in [0.5, 0.6) is 5.75 Å². The van der Waals surface area contributed by atoms with Gasteiger partial charge in [-0.25, -0.2) is 0 Å². The van der Waals surface area contributed by atoms with Gasteiger partial charge in [0.1, 0.15) is 5.75 Å². The second-order valence-electron chi connectivity index (χ2n) is 3.38. The van der Waals surface area contributed by atoms with E-state index < -0.39 is 0 Å². The van der Waals surface area contributed by atoms with E-state index in [1.54, 1.807) is 19.2 Å². The molecule has 0 aliphatic rings. The smallest absolute Gasteiger partial charge is 0.271 e. The summed E-state index contributed by atoms with van der Waals surface area (Å²) >= 11 is 0. The van der Waals surface area contributed by atoms with E-state index in [4.69, 9.17) is 10.5 Å². The van der Waals surface area contributed by atoms with Gasteiger partial charge in [0.25, 0.3) is 5.56 Å². The van der Waals surface area contributed by atoms with Crippen molar-refractivity contribution >= 4 is 5.69 Å². The third-order valence-corrected chi connectivity index (χ3v) is 2.34. The van der Waals surface area contributed by atoms with Gasteiger partial charge in [0.05, 0.1) is 12.8 Å². The quantitative estimate of drug-likeness (QED) is 0.801. The normalized spacial score (nSPS) is 10.1. The van der Waals surface area contributed by atoms with Crippen molar-refractivity contribution in [2.75, 3.05) is 12.8 Å². The molecule has 2 aromatic rings. The van der Waals surface area contributed by atoms with E-state index in [0.29, 0.717) is 0 Å². The molecule has 0 amide bonds. The minimum Gasteiger partial charge on any atom is -0.497 e. The number of ether oxygens (including phenoxy) is 1. The molecule has 4 heteroatoms. The van der Waals surface area contributed by atoms with Crippen molar-refractivity contribution in [3.63, 3.8) is 0 Å². The van der Waals surface area contributed by atoms with Crippen molar-refractivity contribution in [2.24, 2.45) is 0 Å². The number of benzene rings is 1. The maximum atomic E-state index is 11.3. The van der Waals surface area contributed by atoms with Crippen LogP contribution >= 0.6 is 0 Å². The van der Waals surface area contributed by atoms with Crippen LogP contribution in [0, 0.1) is 0 Å². The standard InChI is InChI=1S/C12H12N2O2/c1-16-9-4-2-8(3-5-9)11-7-6-10(13)12(15)14-11/h2-7H,13H2,1H3,(H,14,15). The first kappa shape index (κ1) is 10.3. The fraction of sp³-hybridized carbons (Fsp3) is 0.0833. The highest BCUT2D eigenvalue weighted by molar-refractivity contribution is 5.61. The molecule has 1 heterocycles. The Balaban J connectivity index is 2.42. The zero-order valence-electron chi connectivity index (χ0n) is 8.86. The number of nitrogen functional groups attached to an aromatic ring is 1. The first-order valence-corrected chi connectivity index (χ1v) is 4.84. The molecule has 0 aliphatic heterocycles. The summed E-state index contributed by atoms with van der Waals surface area (Å²) in [6.45, 7) is 0. The van der Waals surface area contributed by atoms with Gasteiger partial charge >= 0.3 is 0 Å². The lowest BCUT2D eigenvalue weighted by atomic mass is 10.1. The molecule has 3 N–H and O–H groups in total. The minimum atomic E-state index is -0.270. The number of aromatic amines is 1. The van der Waals surface area contributed by atoms with Crippen molar-refractivity contribution in [1.29, 1.82) is 0 Å². The monoisotopic (exact) mass is 216 g/mol. The first-order chi connectivity index (χ1) is 7.70. The van der Waals surface area contributed by atoms with Crippen LogP contribution in [-0.2, 0) is 0 Å². The Hall–Kier alpha value is -2.23. The number of anilines is 1. The van der Waals surface area contributed by atoms with Crippen LogP contribution in [-0.4, -0.2) is 12.1 Å². The van der Waals surface area contributed by atoms with Gasteiger partial charge in [0.15, 0.2) is 0 Å². The molecule has 0 aliphatic carbocycles. The predicted octanol–water partition coefficient (Wildman–Crippen LogP) is 1.63. The van der Waals surface area contributed by atoms with Crippen LogP contribution in [0.15, 0.2) is 41.2 Å². The molecule has 82 valence electrons. The van der Waals surface area contributed by atoms with E-state index in [1.807, 2.05) is 24.3 Å². The Bertz CT molecular complexity index is 544. The van der Waals surface area contributed by atoms with Crippen LogP contribution in [0.1, 0.15) is 0 Å². The van der Waals surface area contributed by atoms with Crippen LogP contribution in [0.2, 0.25) is 0 Å². The van der Waals surface area contributed by atoms with Crippen molar-refractivity contribution < 1.29 is 4.74 Å². The number of rotatable bonds is 2. The van der Waals surface area contributed by atoms with E-state index in [-0.39, 0.29) is 11.2 Å². The predicted molar refractivity (Wildman–Crippen MR) is 63.5 cm³/mol. The van der Waals surface area contributed by atoms with Gasteiger partial charge in [0.2, 0.25) is 0 Å². The van der Waals surface area contributed by atoms with E-state index in [9.17, 15) is 4.79 Å². The van der Waals surface area contributed by atoms with Crippen LogP contribution < -0.4 is 16.0 Å². The molecule has 0 atom stereocenters. The van der Waals surface area contributed by atoms with Gasteiger partial charge in [-0.15, -0.1) is 0 Å². The average molecular weight is 216 g/mol. The maximum absolute atomic E-state index is 11.3. The molecule has 4 nitrogen and oxygen atoms in total. The summed E-state index contributed by atoms with van der Waals surface area (Å²) in [5, 5.41) is 0. The lowest BCUT2D eigenvalue weighted by Crippen LogP contribution is -2.11. The third-order valence-electron chi connectivity index (χ3n) is 2.34. The van der Waals surface area contributed by atoms with Gasteiger partial charge < -0.3 is 15.5 Å². The highest BCUT2D eigenvalue weighted by Gasteiger charge is 2.00. The zero-order chi connectivity index (χ0) is 11.5. The van der Waals surface area contributed by atoms with E-state index in [0.717, 1.165) is 17.0 Å². The van der Waals surface area contributed by atoms with Crippen LogP contribution in [0.4, 0.5) is 5.69 Å². The van der Waals surface area contributed by atoms with Crippen molar-refractivity contribution in [2.45, 2.75) is 0 Å². The molecule has 0 unspecified atom stereocenters. The minimum absolute atomic E-state index is 0.220. The van der Waals surface area contributed by atoms with Crippen LogP contribution in [0.3, 0.4) is 0 Å². The average Bonchev–Trinajstić information content (AvgIpc) is 2.33. The fourth-order valence-corrected chi connectivity index (χ4v) is 1.42. The topological polar surface area (TPSA) is 68.1 Å². The number of H-pyrrole nitrogens is 1. The van der Waals surface area contributed by atoms with Gasteiger partial charge in [0, 0.05) is 5.69 Å². The van der Waals surface area contributed by atoms with Gasteiger partial charge in [-0.1, -0.05) is 0 Å². The van der Waals surface area contributed by atoms with Gasteiger partial charge in [-0.3, -0.25) is 4.79 Å². The molecule has 0 saturated carbocycles. The summed E-state index contributed by atoms with van der Waals surface area (Å²) in [6.07, 6.45) is 0. The first-order valence-electron chi connectivity index (χ1n) is 4.84. The number of hydrogen-bond acceptors (Lipinski definition) is 3. The lowest BCUT2D eigenvalue weighted by Gasteiger charge is -2.03. The molecule has 0 fully saturated rings. The number of methoxy groups -OCH3 is 1. The SMILES string of the molecule is COc1ccc(-c2ccc(N)c(=O)[nH]2)cc1. The largest absolute Gasteiger partial charge is 0.497 e. The Kier molecular flexibility index (Phi) is 2.64. The van der Waals surface area contributed by atoms with E-state index >= 15 is 0 Å². The van der Waals surface area contributed by atoms with Crippen LogP contribution in [0.25, 0.3) is 11.3 Å². The molecule has 0 spiro atoms. The summed E-state index contributed by atoms with van der Waals surface area (Å²) in [5.41, 5.74) is 7.05. The highest BCUT2D eigenvalue weighted by Crippen LogP contribution is 2.19. The Morgan fingerprint density at radius 3 is 2.38 bits per heavy atom. The summed E-state index contributed by atoms with van der Waals surface area (Å²) in [5.74, 6) is 0.779. The van der Waals surface area contributed by atoms with E-state index in [1.165, 1.54) is 0 Å². The molecule has 1 aromatic carbocycles. The van der Waals surface area contributed by atoms with Gasteiger partial charge in [-0.2, -0.15) is 0 Å². The fourth-order valence-electron chi connectivity index (χ4n) is 1.42. The summed E-state index contributed by atoms with van der Waals surface area (Å²) in [6, 6.07) is 10.8. The molecular formula is C12H12N2O2. The molecule has 16 heavy (non-hydrogen) atoms. The maximum Gasteiger partial charge on any atom is 0.271 e. The third kappa shape index (κ3) is 1.91. The summed E-state index contributed by atoms with van der Waals surface area (Å²) in [4.78, 5) is 14.0. The molecule has 0 bridgehead atoms. The van der Waals surface area contributed by atoms with Crippen molar-refractivity contribution in [3.8, 4) is 17.0 Å². The highest BCUT2D eigenvalue weighted by atomic mass is 16.5. The molecule has 0 saturated heterocycles. The number of nitrogens with two attached hydrogens (primary N) is 1. The number of pyridine rings is 1. The number of nitrogens with one attached hydrogen (secondary N) is 1. The Morgan fingerprint density at radius 2 is 1.81 bits per heavy atom. The van der Waals surface area contributed by atoms with Gasteiger partial charge in [-0.05, 0) is 42.0 Å². The molecule has 2 rings (SSSR count). The second-order valence-corrected chi connectivity index (χ2v) is 3.38. The second kappa shape index (κ2) is 4.10. The van der Waals surface area contributed by atoms with E-state index in [2.05, 4.69) is 4.98 Å². The number of aromatic nitrogens is 1. The van der Waals surface area contributed by atoms with Crippen molar-refractivity contribution in [3.05, 3.63) is 46.8 Å². The number of hydrogen-bond donors (Lipinski definition) is 2. The molecule has 0 radical (unpaired) electrons. The molecular weight excluding hydrogens is 204 g/mol. The zero-order valence-corrected chi connectivity index (χ0v) is 8.86. The Labute approximate surface area is 92.7 Å². The Morgan fingerprint density at radius 1 is 1.12 bits per heavy atom. The summed E-state index contributed by atoms with van der Waals surface area (Å²) < 4.78 is 5.06. The molecule has 1 aromatic heterocycles. The summed E-state index contributed by atoms with van der Waals surface area (Å²) in [7, 11) is 1.61. The lowest BCUT2D eigenvalue weighted by molar-refractivity contribution is 0.415.